The van der Waals surface area contributed by atoms with E-state index in [1.165, 1.54) is 12.1 Å². The number of benzene rings is 2. The summed E-state index contributed by atoms with van der Waals surface area (Å²) in [6.45, 7) is 6.98. The highest BCUT2D eigenvalue weighted by Crippen LogP contribution is 2.32. The number of piperidine rings is 3. The van der Waals surface area contributed by atoms with Gasteiger partial charge >= 0.3 is 5.97 Å². The van der Waals surface area contributed by atoms with E-state index in [9.17, 15) is 13.2 Å². The van der Waals surface area contributed by atoms with Crippen LogP contribution in [0.3, 0.4) is 0 Å². The molecule has 3 fully saturated rings. The van der Waals surface area contributed by atoms with Gasteiger partial charge in [0.1, 0.15) is 11.1 Å². The fourth-order valence-corrected chi connectivity index (χ4v) is 5.98. The van der Waals surface area contributed by atoms with Gasteiger partial charge in [0.2, 0.25) is 0 Å². The van der Waals surface area contributed by atoms with Crippen molar-refractivity contribution < 1.29 is 22.5 Å². The van der Waals surface area contributed by atoms with Crippen LogP contribution in [0.5, 0.6) is 0 Å². The molecule has 7 rings (SSSR count). The Morgan fingerprint density at radius 3 is 2.46 bits per heavy atom. The van der Waals surface area contributed by atoms with Crippen LogP contribution in [0.25, 0.3) is 21.5 Å². The van der Waals surface area contributed by atoms with Crippen molar-refractivity contribution in [2.75, 3.05) is 19.6 Å². The molecule has 3 aliphatic heterocycles. The highest BCUT2D eigenvalue weighted by atomic mass is 32.2. The Morgan fingerprint density at radius 1 is 1.14 bits per heavy atom. The molecule has 0 aliphatic carbocycles. The molecular formula is C26H28N4O5S2. The molecule has 2 aromatic heterocycles. The SMILES string of the molecule is Cc1ccc(S(=O)(=O)O)cc1.Cc1cnc(-c2ccc3[nH]nc(C(=O)OC4CN5CCC4CC5)c3c2)s1. The van der Waals surface area contributed by atoms with Crippen LogP contribution < -0.4 is 0 Å². The van der Waals surface area contributed by atoms with Gasteiger partial charge in [-0.05, 0) is 76.0 Å². The van der Waals surface area contributed by atoms with E-state index in [-0.39, 0.29) is 17.0 Å². The molecule has 37 heavy (non-hydrogen) atoms. The van der Waals surface area contributed by atoms with Crippen molar-refractivity contribution in [3.05, 3.63) is 64.8 Å². The number of thiazole rings is 1. The molecule has 3 aliphatic rings. The fourth-order valence-electron chi connectivity index (χ4n) is 4.74. The standard InChI is InChI=1S/C19H20N4O2S.C7H8O3S/c1-11-9-20-18(26-11)13-2-3-15-14(8-13)17(22-21-15)19(24)25-16-10-23-6-4-12(16)5-7-23;1-6-2-4-7(5-3-6)11(8,9)10/h2-3,8-9,12,16H,4-7,10H2,1H3,(H,21,22);2-5H,1H3,(H,8,9,10). The fraction of sp³-hybridized carbons (Fsp3) is 0.346. The third-order valence-electron chi connectivity index (χ3n) is 6.80. The second kappa shape index (κ2) is 10.3. The highest BCUT2D eigenvalue weighted by Gasteiger charge is 2.37. The average Bonchev–Trinajstić information content (AvgIpc) is 3.51. The molecule has 2 aromatic carbocycles. The van der Waals surface area contributed by atoms with Gasteiger partial charge < -0.3 is 4.74 Å². The van der Waals surface area contributed by atoms with Crippen molar-refractivity contribution in [2.45, 2.75) is 37.7 Å². The largest absolute Gasteiger partial charge is 0.456 e. The van der Waals surface area contributed by atoms with E-state index in [1.54, 1.807) is 23.5 Å². The van der Waals surface area contributed by atoms with Gasteiger partial charge in [0, 0.05) is 28.6 Å². The van der Waals surface area contributed by atoms with Gasteiger partial charge in [0.25, 0.3) is 10.1 Å². The van der Waals surface area contributed by atoms with Gasteiger partial charge in [-0.25, -0.2) is 9.78 Å². The van der Waals surface area contributed by atoms with Gasteiger partial charge in [0.05, 0.1) is 10.4 Å². The zero-order valence-electron chi connectivity index (χ0n) is 20.5. The first-order chi connectivity index (χ1) is 17.7. The predicted octanol–water partition coefficient (Wildman–Crippen LogP) is 4.49. The molecule has 0 radical (unpaired) electrons. The van der Waals surface area contributed by atoms with Crippen LogP contribution in [0.2, 0.25) is 0 Å². The first-order valence-electron chi connectivity index (χ1n) is 12.1. The lowest BCUT2D eigenvalue weighted by Gasteiger charge is -2.43. The Bertz CT molecular complexity index is 1520. The third-order valence-corrected chi connectivity index (χ3v) is 8.63. The minimum Gasteiger partial charge on any atom is -0.456 e. The molecule has 0 amide bonds. The summed E-state index contributed by atoms with van der Waals surface area (Å²) >= 11 is 1.64. The monoisotopic (exact) mass is 540 g/mol. The van der Waals surface area contributed by atoms with Crippen LogP contribution in [-0.4, -0.2) is 64.8 Å². The van der Waals surface area contributed by atoms with Crippen molar-refractivity contribution in [1.29, 1.82) is 0 Å². The third kappa shape index (κ3) is 5.74. The second-order valence-corrected chi connectivity index (χ2v) is 12.1. The van der Waals surface area contributed by atoms with Gasteiger partial charge in [-0.3, -0.25) is 14.6 Å². The molecule has 0 spiro atoms. The van der Waals surface area contributed by atoms with Gasteiger partial charge in [0.15, 0.2) is 5.69 Å². The maximum absolute atomic E-state index is 12.8. The number of aromatic nitrogens is 3. The van der Waals surface area contributed by atoms with E-state index in [1.807, 2.05) is 38.2 Å². The molecular weight excluding hydrogens is 512 g/mol. The Labute approximate surface area is 219 Å². The normalized spacial score (nSPS) is 20.9. The summed E-state index contributed by atoms with van der Waals surface area (Å²) in [5.41, 5.74) is 3.15. The van der Waals surface area contributed by atoms with E-state index in [2.05, 4.69) is 20.1 Å². The number of ether oxygens (including phenoxy) is 1. The molecule has 3 saturated heterocycles. The number of hydrogen-bond acceptors (Lipinski definition) is 8. The van der Waals surface area contributed by atoms with Crippen molar-refractivity contribution in [1.82, 2.24) is 20.1 Å². The maximum Gasteiger partial charge on any atom is 0.359 e. The first kappa shape index (κ1) is 25.5. The molecule has 1 unspecified atom stereocenters. The number of nitrogens with one attached hydrogen (secondary N) is 1. The Balaban J connectivity index is 0.000000215. The summed E-state index contributed by atoms with van der Waals surface area (Å²) in [5, 5.41) is 8.92. The van der Waals surface area contributed by atoms with Gasteiger partial charge in [-0.1, -0.05) is 17.7 Å². The second-order valence-electron chi connectivity index (χ2n) is 9.48. The number of carbonyl (C=O) groups excluding carboxylic acids is 1. The van der Waals surface area contributed by atoms with Crippen LogP contribution in [0.15, 0.2) is 53.6 Å². The summed E-state index contributed by atoms with van der Waals surface area (Å²) in [5.74, 6) is 0.158. The molecule has 11 heteroatoms. The highest BCUT2D eigenvalue weighted by molar-refractivity contribution is 7.85. The summed E-state index contributed by atoms with van der Waals surface area (Å²) < 4.78 is 35.4. The lowest BCUT2D eigenvalue weighted by atomic mass is 9.86. The molecule has 9 nitrogen and oxygen atoms in total. The summed E-state index contributed by atoms with van der Waals surface area (Å²) in [6.07, 6.45) is 4.09. The maximum atomic E-state index is 12.8. The number of rotatable bonds is 4. The number of aryl methyl sites for hydroxylation is 2. The topological polar surface area (TPSA) is 125 Å². The number of H-pyrrole nitrogens is 1. The smallest absolute Gasteiger partial charge is 0.359 e. The first-order valence-corrected chi connectivity index (χ1v) is 14.3. The molecule has 1 atom stereocenters. The molecule has 2 bridgehead atoms. The molecule has 0 saturated carbocycles. The van der Waals surface area contributed by atoms with Crippen LogP contribution >= 0.6 is 11.3 Å². The van der Waals surface area contributed by atoms with E-state index in [0.29, 0.717) is 11.6 Å². The van der Waals surface area contributed by atoms with Crippen molar-refractivity contribution in [3.8, 4) is 10.6 Å². The molecule has 5 heterocycles. The van der Waals surface area contributed by atoms with Crippen LogP contribution in [0, 0.1) is 19.8 Å². The van der Waals surface area contributed by atoms with E-state index < -0.39 is 10.1 Å². The Morgan fingerprint density at radius 2 is 1.86 bits per heavy atom. The number of aromatic amines is 1. The number of fused-ring (bicyclic) bond motifs is 4. The van der Waals surface area contributed by atoms with E-state index in [4.69, 9.17) is 9.29 Å². The van der Waals surface area contributed by atoms with Gasteiger partial charge in [-0.15, -0.1) is 11.3 Å². The van der Waals surface area contributed by atoms with E-state index in [0.717, 1.165) is 64.4 Å². The zero-order chi connectivity index (χ0) is 26.2. The minimum absolute atomic E-state index is 0.0125. The number of esters is 1. The minimum atomic E-state index is -4.02. The van der Waals surface area contributed by atoms with Crippen molar-refractivity contribution >= 4 is 38.3 Å². The van der Waals surface area contributed by atoms with Crippen LogP contribution in [0.1, 0.15) is 33.8 Å². The lowest BCUT2D eigenvalue weighted by Crippen LogP contribution is -2.51. The molecule has 194 valence electrons. The molecule has 2 N–H and O–H groups in total. The van der Waals surface area contributed by atoms with Crippen molar-refractivity contribution in [3.63, 3.8) is 0 Å². The number of nitrogens with zero attached hydrogens (tertiary/aromatic N) is 3. The Hall–Kier alpha value is -3.12. The predicted molar refractivity (Wildman–Crippen MR) is 141 cm³/mol. The Kier molecular flexibility index (Phi) is 7.13. The van der Waals surface area contributed by atoms with Crippen molar-refractivity contribution in [2.24, 2.45) is 5.92 Å². The van der Waals surface area contributed by atoms with E-state index >= 15 is 0 Å². The van der Waals surface area contributed by atoms with Gasteiger partial charge in [-0.2, -0.15) is 13.5 Å². The summed E-state index contributed by atoms with van der Waals surface area (Å²) in [6, 6.07) is 11.9. The van der Waals surface area contributed by atoms with Crippen LogP contribution in [-0.2, 0) is 14.9 Å². The quantitative estimate of drug-likeness (QED) is 0.287. The summed E-state index contributed by atoms with van der Waals surface area (Å²) in [7, 11) is -4.02. The molecule has 4 aromatic rings. The average molecular weight is 541 g/mol. The lowest BCUT2D eigenvalue weighted by molar-refractivity contribution is -0.0458. The number of carbonyl (C=O) groups is 1. The summed E-state index contributed by atoms with van der Waals surface area (Å²) in [4.78, 5) is 20.7. The zero-order valence-corrected chi connectivity index (χ0v) is 22.2. The number of hydrogen-bond donors (Lipinski definition) is 2. The van der Waals surface area contributed by atoms with Crippen LogP contribution in [0.4, 0.5) is 0 Å².